The summed E-state index contributed by atoms with van der Waals surface area (Å²) in [5.74, 6) is 0.991. The lowest BCUT2D eigenvalue weighted by Gasteiger charge is -2.35. The number of anilines is 1. The van der Waals surface area contributed by atoms with Crippen LogP contribution < -0.4 is 5.32 Å². The van der Waals surface area contributed by atoms with Crippen LogP contribution in [0.4, 0.5) is 10.2 Å². The number of para-hydroxylation sites is 1. The van der Waals surface area contributed by atoms with Crippen LogP contribution in [0.25, 0.3) is 10.9 Å². The van der Waals surface area contributed by atoms with Gasteiger partial charge in [0, 0.05) is 31.1 Å². The summed E-state index contributed by atoms with van der Waals surface area (Å²) in [6.45, 7) is 8.75. The fourth-order valence-electron chi connectivity index (χ4n) is 3.26. The molecule has 2 aromatic rings. The molecule has 1 unspecified atom stereocenters. The molecule has 0 amide bonds. The molecule has 0 bridgehead atoms. The van der Waals surface area contributed by atoms with Crippen molar-refractivity contribution in [3.63, 3.8) is 0 Å². The number of halogens is 1. The van der Waals surface area contributed by atoms with Gasteiger partial charge in [-0.15, -0.1) is 0 Å². The summed E-state index contributed by atoms with van der Waals surface area (Å²) < 4.78 is 19.4. The maximum absolute atomic E-state index is 13.9. The summed E-state index contributed by atoms with van der Waals surface area (Å²) in [7, 11) is 0. The number of ether oxygens (including phenoxy) is 1. The van der Waals surface area contributed by atoms with Gasteiger partial charge in [0.05, 0.1) is 13.2 Å². The number of rotatable bonds is 6. The van der Waals surface area contributed by atoms with E-state index in [1.807, 2.05) is 6.07 Å². The number of hydrogen-bond acceptors (Lipinski definition) is 5. The van der Waals surface area contributed by atoms with Crippen molar-refractivity contribution in [2.75, 3.05) is 38.2 Å². The van der Waals surface area contributed by atoms with Gasteiger partial charge in [0.2, 0.25) is 0 Å². The number of fused-ring (bicyclic) bond motifs is 1. The minimum Gasteiger partial charge on any atom is -0.379 e. The molecule has 5 nitrogen and oxygen atoms in total. The molecule has 1 aromatic heterocycles. The molecule has 1 saturated heterocycles. The Labute approximate surface area is 142 Å². The quantitative estimate of drug-likeness (QED) is 0.881. The molecular weight excluding hydrogens is 307 g/mol. The van der Waals surface area contributed by atoms with Crippen molar-refractivity contribution in [1.29, 1.82) is 0 Å². The van der Waals surface area contributed by atoms with E-state index in [-0.39, 0.29) is 5.82 Å². The number of aromatic nitrogens is 2. The van der Waals surface area contributed by atoms with E-state index < -0.39 is 0 Å². The van der Waals surface area contributed by atoms with E-state index in [2.05, 4.69) is 34.0 Å². The average molecular weight is 332 g/mol. The first-order chi connectivity index (χ1) is 11.6. The number of nitrogens with zero attached hydrogens (tertiary/aromatic N) is 3. The fraction of sp³-hybridized carbons (Fsp3) is 0.556. The van der Waals surface area contributed by atoms with Gasteiger partial charge in [-0.1, -0.05) is 19.9 Å². The van der Waals surface area contributed by atoms with Crippen LogP contribution in [0.1, 0.15) is 20.3 Å². The van der Waals surface area contributed by atoms with Gasteiger partial charge in [-0.2, -0.15) is 0 Å². The standard InChI is InChI=1S/C18H25FN4O/c1-13(2)10-14(23-6-8-24-9-7-23)11-20-18-15-4-3-5-16(19)17(15)21-12-22-18/h3-5,12-14H,6-11H2,1-2H3,(H,20,21,22). The Morgan fingerprint density at radius 2 is 2.04 bits per heavy atom. The molecule has 6 heteroatoms. The first-order valence-corrected chi connectivity index (χ1v) is 8.60. The van der Waals surface area contributed by atoms with Crippen LogP contribution in [0, 0.1) is 11.7 Å². The third kappa shape index (κ3) is 3.99. The average Bonchev–Trinajstić information content (AvgIpc) is 2.59. The van der Waals surface area contributed by atoms with E-state index >= 15 is 0 Å². The van der Waals surface area contributed by atoms with E-state index in [1.54, 1.807) is 6.07 Å². The highest BCUT2D eigenvalue weighted by Crippen LogP contribution is 2.22. The van der Waals surface area contributed by atoms with Gasteiger partial charge < -0.3 is 10.1 Å². The second-order valence-corrected chi connectivity index (χ2v) is 6.67. The Kier molecular flexibility index (Phi) is 5.58. The van der Waals surface area contributed by atoms with Crippen molar-refractivity contribution in [3.8, 4) is 0 Å². The fourth-order valence-corrected chi connectivity index (χ4v) is 3.26. The molecule has 0 spiro atoms. The lowest BCUT2D eigenvalue weighted by atomic mass is 10.0. The topological polar surface area (TPSA) is 50.3 Å². The van der Waals surface area contributed by atoms with Gasteiger partial charge in [0.25, 0.3) is 0 Å². The smallest absolute Gasteiger partial charge is 0.149 e. The molecule has 0 saturated carbocycles. The number of nitrogens with one attached hydrogen (secondary N) is 1. The lowest BCUT2D eigenvalue weighted by molar-refractivity contribution is 0.0150. The Morgan fingerprint density at radius 3 is 2.79 bits per heavy atom. The molecule has 1 atom stereocenters. The van der Waals surface area contributed by atoms with Crippen molar-refractivity contribution >= 4 is 16.7 Å². The second-order valence-electron chi connectivity index (χ2n) is 6.67. The maximum atomic E-state index is 13.9. The van der Waals surface area contributed by atoms with E-state index in [0.717, 1.165) is 44.7 Å². The molecule has 130 valence electrons. The highest BCUT2D eigenvalue weighted by Gasteiger charge is 2.22. The molecule has 3 rings (SSSR count). The first kappa shape index (κ1) is 17.0. The van der Waals surface area contributed by atoms with Gasteiger partial charge in [-0.25, -0.2) is 14.4 Å². The van der Waals surface area contributed by atoms with Crippen LogP contribution in [-0.2, 0) is 4.74 Å². The monoisotopic (exact) mass is 332 g/mol. The third-order valence-corrected chi connectivity index (χ3v) is 4.43. The van der Waals surface area contributed by atoms with Crippen LogP contribution >= 0.6 is 0 Å². The van der Waals surface area contributed by atoms with Crippen molar-refractivity contribution < 1.29 is 9.13 Å². The van der Waals surface area contributed by atoms with Gasteiger partial charge in [0.15, 0.2) is 0 Å². The molecule has 1 N–H and O–H groups in total. The molecule has 0 radical (unpaired) electrons. The molecule has 1 aliphatic rings. The Morgan fingerprint density at radius 1 is 1.25 bits per heavy atom. The lowest BCUT2D eigenvalue weighted by Crippen LogP contribution is -2.47. The highest BCUT2D eigenvalue weighted by atomic mass is 19.1. The summed E-state index contributed by atoms with van der Waals surface area (Å²) in [6.07, 6.45) is 2.52. The van der Waals surface area contributed by atoms with E-state index in [9.17, 15) is 4.39 Å². The summed E-state index contributed by atoms with van der Waals surface area (Å²) in [4.78, 5) is 10.8. The van der Waals surface area contributed by atoms with Crippen LogP contribution in [0.2, 0.25) is 0 Å². The summed E-state index contributed by atoms with van der Waals surface area (Å²) >= 11 is 0. The highest BCUT2D eigenvalue weighted by molar-refractivity contribution is 5.89. The summed E-state index contributed by atoms with van der Waals surface area (Å²) in [5, 5.41) is 4.14. The number of morpholine rings is 1. The van der Waals surface area contributed by atoms with Gasteiger partial charge in [0.1, 0.15) is 23.5 Å². The maximum Gasteiger partial charge on any atom is 0.149 e. The predicted octanol–water partition coefficient (Wildman–Crippen LogP) is 2.93. The normalized spacial score (nSPS) is 17.3. The number of benzene rings is 1. The zero-order chi connectivity index (χ0) is 16.9. The summed E-state index contributed by atoms with van der Waals surface area (Å²) in [6, 6.07) is 5.38. The SMILES string of the molecule is CC(C)CC(CNc1ncnc2c(F)cccc12)N1CCOCC1. The molecule has 2 heterocycles. The molecule has 1 aromatic carbocycles. The van der Waals surface area contributed by atoms with Crippen LogP contribution in [0.3, 0.4) is 0 Å². The first-order valence-electron chi connectivity index (χ1n) is 8.60. The van der Waals surface area contributed by atoms with E-state index in [1.165, 1.54) is 12.4 Å². The zero-order valence-corrected chi connectivity index (χ0v) is 14.3. The minimum absolute atomic E-state index is 0.315. The zero-order valence-electron chi connectivity index (χ0n) is 14.3. The predicted molar refractivity (Wildman–Crippen MR) is 93.6 cm³/mol. The Bertz CT molecular complexity index is 673. The molecule has 1 aliphatic heterocycles. The summed E-state index contributed by atoms with van der Waals surface area (Å²) in [5.41, 5.74) is 0.363. The van der Waals surface area contributed by atoms with Crippen molar-refractivity contribution in [2.24, 2.45) is 5.92 Å². The van der Waals surface area contributed by atoms with Crippen LogP contribution in [0.5, 0.6) is 0 Å². The molecule has 0 aliphatic carbocycles. The van der Waals surface area contributed by atoms with Gasteiger partial charge in [-0.3, -0.25) is 4.90 Å². The molecule has 24 heavy (non-hydrogen) atoms. The number of hydrogen-bond donors (Lipinski definition) is 1. The van der Waals surface area contributed by atoms with Gasteiger partial charge in [-0.05, 0) is 24.5 Å². The Hall–Kier alpha value is -1.79. The minimum atomic E-state index is -0.315. The van der Waals surface area contributed by atoms with Crippen LogP contribution in [0.15, 0.2) is 24.5 Å². The largest absolute Gasteiger partial charge is 0.379 e. The van der Waals surface area contributed by atoms with Crippen molar-refractivity contribution in [2.45, 2.75) is 26.3 Å². The van der Waals surface area contributed by atoms with E-state index in [4.69, 9.17) is 4.74 Å². The molecular formula is C18H25FN4O. The second kappa shape index (κ2) is 7.85. The molecule has 1 fully saturated rings. The third-order valence-electron chi connectivity index (χ3n) is 4.43. The van der Waals surface area contributed by atoms with E-state index in [0.29, 0.717) is 23.3 Å². The van der Waals surface area contributed by atoms with Crippen molar-refractivity contribution in [1.82, 2.24) is 14.9 Å². The van der Waals surface area contributed by atoms with Gasteiger partial charge >= 0.3 is 0 Å². The Balaban J connectivity index is 1.75. The van der Waals surface area contributed by atoms with Crippen molar-refractivity contribution in [3.05, 3.63) is 30.3 Å². The van der Waals surface area contributed by atoms with Crippen LogP contribution in [-0.4, -0.2) is 53.8 Å².